The van der Waals surface area contributed by atoms with E-state index in [4.69, 9.17) is 9.84 Å². The van der Waals surface area contributed by atoms with E-state index in [2.05, 4.69) is 4.98 Å². The molecule has 2 aromatic rings. The lowest BCUT2D eigenvalue weighted by Gasteiger charge is -2.10. The first-order valence-corrected chi connectivity index (χ1v) is 6.69. The van der Waals surface area contributed by atoms with Crippen molar-refractivity contribution in [2.45, 2.75) is 20.4 Å². The first-order chi connectivity index (χ1) is 9.42. The van der Waals surface area contributed by atoms with E-state index in [-0.39, 0.29) is 23.0 Å². The Hall–Kier alpha value is -2.15. The van der Waals surface area contributed by atoms with Crippen LogP contribution in [0.1, 0.15) is 25.8 Å². The molecular formula is C13H14N2O4S. The molecule has 0 bridgehead atoms. The minimum Gasteiger partial charge on any atom is -0.477 e. The summed E-state index contributed by atoms with van der Waals surface area (Å²) in [5.74, 6) is -0.967. The molecule has 20 heavy (non-hydrogen) atoms. The number of hydrogen-bond acceptors (Lipinski definition) is 5. The predicted octanol–water partition coefficient (Wildman–Crippen LogP) is 1.68. The van der Waals surface area contributed by atoms with Gasteiger partial charge in [-0.3, -0.25) is 9.36 Å². The van der Waals surface area contributed by atoms with E-state index in [1.54, 1.807) is 13.0 Å². The minimum absolute atomic E-state index is 0.220. The van der Waals surface area contributed by atoms with Gasteiger partial charge in [0, 0.05) is 16.6 Å². The van der Waals surface area contributed by atoms with Crippen molar-refractivity contribution in [3.63, 3.8) is 0 Å². The Bertz CT molecular complexity index is 718. The number of nitrogens with zero attached hydrogens (tertiary/aromatic N) is 2. The number of methoxy groups -OCH3 is 1. The lowest BCUT2D eigenvalue weighted by Crippen LogP contribution is -2.23. The van der Waals surface area contributed by atoms with Gasteiger partial charge in [0.15, 0.2) is 0 Å². The molecule has 0 atom stereocenters. The van der Waals surface area contributed by atoms with Gasteiger partial charge in [-0.25, -0.2) is 9.78 Å². The number of aryl methyl sites for hydroxylation is 2. The maximum Gasteiger partial charge on any atom is 0.345 e. The zero-order valence-electron chi connectivity index (χ0n) is 11.3. The van der Waals surface area contributed by atoms with Gasteiger partial charge in [-0.15, -0.1) is 11.3 Å². The summed E-state index contributed by atoms with van der Waals surface area (Å²) >= 11 is 1.19. The van der Waals surface area contributed by atoms with Crippen LogP contribution in [0, 0.1) is 13.8 Å². The van der Waals surface area contributed by atoms with Crippen LogP contribution in [-0.2, 0) is 6.54 Å². The molecule has 7 heteroatoms. The van der Waals surface area contributed by atoms with E-state index < -0.39 is 5.97 Å². The zero-order valence-corrected chi connectivity index (χ0v) is 12.2. The number of carboxylic acids is 1. The second kappa shape index (κ2) is 5.46. The molecule has 0 aliphatic rings. The molecule has 0 amide bonds. The second-order valence-electron chi connectivity index (χ2n) is 4.31. The van der Waals surface area contributed by atoms with Crippen molar-refractivity contribution in [3.8, 4) is 6.01 Å². The van der Waals surface area contributed by atoms with Gasteiger partial charge >= 0.3 is 5.97 Å². The average Bonchev–Trinajstić information content (AvgIpc) is 2.74. The summed E-state index contributed by atoms with van der Waals surface area (Å²) in [7, 11) is 1.45. The van der Waals surface area contributed by atoms with E-state index in [9.17, 15) is 9.59 Å². The fraction of sp³-hybridized carbons (Fsp3) is 0.308. The molecule has 0 saturated heterocycles. The molecule has 0 unspecified atom stereocenters. The van der Waals surface area contributed by atoms with Crippen molar-refractivity contribution in [1.29, 1.82) is 0 Å². The van der Waals surface area contributed by atoms with Gasteiger partial charge in [0.2, 0.25) is 0 Å². The molecule has 106 valence electrons. The van der Waals surface area contributed by atoms with Crippen molar-refractivity contribution in [1.82, 2.24) is 9.55 Å². The smallest absolute Gasteiger partial charge is 0.345 e. The molecule has 0 aromatic carbocycles. The number of aromatic nitrogens is 2. The molecule has 0 fully saturated rings. The molecule has 6 nitrogen and oxygen atoms in total. The van der Waals surface area contributed by atoms with Crippen molar-refractivity contribution in [3.05, 3.63) is 43.5 Å². The summed E-state index contributed by atoms with van der Waals surface area (Å²) in [6, 6.07) is 3.22. The Kier molecular flexibility index (Phi) is 3.89. The van der Waals surface area contributed by atoms with Crippen LogP contribution in [0.15, 0.2) is 16.9 Å². The lowest BCUT2D eigenvalue weighted by molar-refractivity contribution is 0.0702. The molecule has 0 aliphatic carbocycles. The summed E-state index contributed by atoms with van der Waals surface area (Å²) in [5.41, 5.74) is 1.13. The maximum absolute atomic E-state index is 12.0. The SMILES string of the molecule is COc1nc(C)cc(=O)n1Cc1cc(C(=O)O)sc1C. The number of aromatic carboxylic acids is 1. The molecule has 0 spiro atoms. The number of thiophene rings is 1. The highest BCUT2D eigenvalue weighted by atomic mass is 32.1. The molecular weight excluding hydrogens is 280 g/mol. The van der Waals surface area contributed by atoms with E-state index in [0.29, 0.717) is 5.69 Å². The van der Waals surface area contributed by atoms with E-state index in [0.717, 1.165) is 10.4 Å². The Morgan fingerprint density at radius 3 is 2.70 bits per heavy atom. The van der Waals surface area contributed by atoms with Crippen LogP contribution < -0.4 is 10.3 Å². The monoisotopic (exact) mass is 294 g/mol. The first kappa shape index (κ1) is 14.3. The third-order valence-corrected chi connectivity index (χ3v) is 3.92. The summed E-state index contributed by atoms with van der Waals surface area (Å²) in [5, 5.41) is 8.99. The predicted molar refractivity (Wildman–Crippen MR) is 74.9 cm³/mol. The molecule has 2 rings (SSSR count). The second-order valence-corrected chi connectivity index (χ2v) is 5.56. The van der Waals surface area contributed by atoms with Gasteiger partial charge in [-0.05, 0) is 25.5 Å². The van der Waals surface area contributed by atoms with Crippen molar-refractivity contribution < 1.29 is 14.6 Å². The van der Waals surface area contributed by atoms with Crippen LogP contribution in [0.2, 0.25) is 0 Å². The molecule has 0 aliphatic heterocycles. The van der Waals surface area contributed by atoms with E-state index >= 15 is 0 Å². The normalized spacial score (nSPS) is 10.6. The Labute approximate surface area is 119 Å². The van der Waals surface area contributed by atoms with Crippen molar-refractivity contribution in [2.75, 3.05) is 7.11 Å². The highest BCUT2D eigenvalue weighted by Crippen LogP contribution is 2.23. The van der Waals surface area contributed by atoms with E-state index in [1.807, 2.05) is 6.92 Å². The summed E-state index contributed by atoms with van der Waals surface area (Å²) < 4.78 is 6.49. The van der Waals surface area contributed by atoms with Gasteiger partial charge in [0.1, 0.15) is 4.88 Å². The van der Waals surface area contributed by atoms with Crippen LogP contribution in [-0.4, -0.2) is 27.7 Å². The topological polar surface area (TPSA) is 81.4 Å². The molecule has 2 aromatic heterocycles. The summed E-state index contributed by atoms with van der Waals surface area (Å²) in [4.78, 5) is 28.2. The van der Waals surface area contributed by atoms with Crippen molar-refractivity contribution >= 4 is 17.3 Å². The van der Waals surface area contributed by atoms with Gasteiger partial charge in [0.05, 0.1) is 13.7 Å². The molecule has 0 radical (unpaired) electrons. The van der Waals surface area contributed by atoms with Crippen LogP contribution in [0.25, 0.3) is 0 Å². The number of rotatable bonds is 4. The Balaban J connectivity index is 2.45. The van der Waals surface area contributed by atoms with Crippen LogP contribution in [0.4, 0.5) is 0 Å². The maximum atomic E-state index is 12.0. The lowest BCUT2D eigenvalue weighted by atomic mass is 10.2. The third-order valence-electron chi connectivity index (χ3n) is 2.84. The fourth-order valence-corrected chi connectivity index (χ4v) is 2.72. The van der Waals surface area contributed by atoms with Gasteiger partial charge < -0.3 is 9.84 Å². The first-order valence-electron chi connectivity index (χ1n) is 5.87. The standard InChI is InChI=1S/C13H14N2O4S/c1-7-4-11(16)15(13(14-7)19-3)6-9-5-10(12(17)18)20-8(9)2/h4-5H,6H2,1-3H3,(H,17,18). The number of carbonyl (C=O) groups is 1. The Morgan fingerprint density at radius 2 is 2.15 bits per heavy atom. The molecule has 2 heterocycles. The molecule has 0 saturated carbocycles. The van der Waals surface area contributed by atoms with Gasteiger partial charge in [-0.2, -0.15) is 0 Å². The summed E-state index contributed by atoms with van der Waals surface area (Å²) in [6.07, 6.45) is 0. The zero-order chi connectivity index (χ0) is 14.9. The molecule has 1 N–H and O–H groups in total. The van der Waals surface area contributed by atoms with Gasteiger partial charge in [-0.1, -0.05) is 0 Å². The number of hydrogen-bond donors (Lipinski definition) is 1. The van der Waals surface area contributed by atoms with E-state index in [1.165, 1.54) is 29.1 Å². The van der Waals surface area contributed by atoms with Crippen LogP contribution >= 0.6 is 11.3 Å². The fourth-order valence-electron chi connectivity index (χ4n) is 1.85. The van der Waals surface area contributed by atoms with Crippen LogP contribution in [0.5, 0.6) is 6.01 Å². The summed E-state index contributed by atoms with van der Waals surface area (Å²) in [6.45, 7) is 3.78. The third kappa shape index (κ3) is 2.72. The van der Waals surface area contributed by atoms with Gasteiger partial charge in [0.25, 0.3) is 11.6 Å². The highest BCUT2D eigenvalue weighted by molar-refractivity contribution is 7.14. The number of carboxylic acid groups (broad SMARTS) is 1. The quantitative estimate of drug-likeness (QED) is 0.927. The Morgan fingerprint density at radius 1 is 1.45 bits per heavy atom. The number of ether oxygens (including phenoxy) is 1. The van der Waals surface area contributed by atoms with Crippen LogP contribution in [0.3, 0.4) is 0 Å². The van der Waals surface area contributed by atoms with Crippen molar-refractivity contribution in [2.24, 2.45) is 0 Å². The largest absolute Gasteiger partial charge is 0.477 e. The average molecular weight is 294 g/mol. The minimum atomic E-state index is -0.967. The highest BCUT2D eigenvalue weighted by Gasteiger charge is 2.14.